The van der Waals surface area contributed by atoms with Crippen LogP contribution in [-0.4, -0.2) is 47.2 Å². The Bertz CT molecular complexity index is 427. The minimum atomic E-state index is 0.266. The predicted octanol–water partition coefficient (Wildman–Crippen LogP) is 2.01. The van der Waals surface area contributed by atoms with Gasteiger partial charge in [-0.15, -0.1) is 0 Å². The van der Waals surface area contributed by atoms with E-state index in [1.165, 1.54) is 37.8 Å². The van der Waals surface area contributed by atoms with Crippen LogP contribution in [0.3, 0.4) is 0 Å². The summed E-state index contributed by atoms with van der Waals surface area (Å²) in [6, 6.07) is 0.811. The van der Waals surface area contributed by atoms with E-state index in [1.54, 1.807) is 0 Å². The number of likely N-dealkylation sites (N-methyl/N-ethyl adjacent to an activating group) is 1. The normalized spacial score (nSPS) is 27.8. The van der Waals surface area contributed by atoms with Gasteiger partial charge in [-0.3, -0.25) is 0 Å². The lowest BCUT2D eigenvalue weighted by molar-refractivity contribution is 0.234. The smallest absolute Gasteiger partial charge is 0.0948 e. The molecule has 4 heteroatoms. The molecule has 0 radical (unpaired) electrons. The summed E-state index contributed by atoms with van der Waals surface area (Å²) in [4.78, 5) is 6.95. The van der Waals surface area contributed by atoms with Crippen LogP contribution in [0.15, 0.2) is 12.5 Å². The molecular weight excluding hydrogens is 248 g/mol. The summed E-state index contributed by atoms with van der Waals surface area (Å²) in [6.07, 6.45) is 10.9. The largest absolute Gasteiger partial charge is 0.333 e. The van der Waals surface area contributed by atoms with E-state index in [0.717, 1.165) is 32.2 Å². The van der Waals surface area contributed by atoms with Gasteiger partial charge in [-0.25, -0.2) is 4.98 Å². The Morgan fingerprint density at radius 2 is 2.25 bits per heavy atom. The zero-order chi connectivity index (χ0) is 14.0. The van der Waals surface area contributed by atoms with Gasteiger partial charge in [0.2, 0.25) is 0 Å². The maximum absolute atomic E-state index is 4.40. The van der Waals surface area contributed by atoms with Crippen LogP contribution in [0.5, 0.6) is 0 Å². The van der Waals surface area contributed by atoms with Crippen LogP contribution in [-0.2, 0) is 12.0 Å². The first kappa shape index (κ1) is 14.1. The van der Waals surface area contributed by atoms with E-state index in [2.05, 4.69) is 39.9 Å². The summed E-state index contributed by atoms with van der Waals surface area (Å²) >= 11 is 0. The highest BCUT2D eigenvalue weighted by molar-refractivity contribution is 5.17. The van der Waals surface area contributed by atoms with Crippen molar-refractivity contribution >= 4 is 0 Å². The molecule has 1 N–H and O–H groups in total. The Hall–Kier alpha value is -0.870. The van der Waals surface area contributed by atoms with E-state index >= 15 is 0 Å². The lowest BCUT2D eigenvalue weighted by Gasteiger charge is -2.27. The van der Waals surface area contributed by atoms with Crippen LogP contribution in [0.1, 0.15) is 44.7 Å². The van der Waals surface area contributed by atoms with Gasteiger partial charge >= 0.3 is 0 Å². The molecule has 0 bridgehead atoms. The Morgan fingerprint density at radius 3 is 2.95 bits per heavy atom. The fourth-order valence-electron chi connectivity index (χ4n) is 3.83. The van der Waals surface area contributed by atoms with Crippen molar-refractivity contribution in [3.63, 3.8) is 0 Å². The molecule has 4 nitrogen and oxygen atoms in total. The molecule has 1 aliphatic carbocycles. The molecule has 3 rings (SSSR count). The van der Waals surface area contributed by atoms with Crippen LogP contribution in [0.25, 0.3) is 0 Å². The molecular formula is C16H28N4. The molecule has 0 aromatic carbocycles. The molecule has 1 aromatic rings. The zero-order valence-electron chi connectivity index (χ0n) is 12.9. The standard InChI is InChI=1S/C16H28N4/c1-16(7-8-17-12-16)15-11-18-13-20(15)10-9-19(2)14-5-3-4-6-14/h11,13-14,17H,3-10,12H2,1-2H3. The molecule has 0 spiro atoms. The van der Waals surface area contributed by atoms with Crippen molar-refractivity contribution in [1.82, 2.24) is 19.8 Å². The average Bonchev–Trinajstić information content (AvgIpc) is 3.17. The van der Waals surface area contributed by atoms with Gasteiger partial charge in [0.05, 0.1) is 6.33 Å². The van der Waals surface area contributed by atoms with Gasteiger partial charge in [0.25, 0.3) is 0 Å². The molecule has 2 aliphatic rings. The summed E-state index contributed by atoms with van der Waals surface area (Å²) in [6.45, 7) is 6.78. The Morgan fingerprint density at radius 1 is 1.45 bits per heavy atom. The van der Waals surface area contributed by atoms with Gasteiger partial charge < -0.3 is 14.8 Å². The van der Waals surface area contributed by atoms with E-state index in [4.69, 9.17) is 0 Å². The van der Waals surface area contributed by atoms with Crippen LogP contribution < -0.4 is 5.32 Å². The summed E-state index contributed by atoms with van der Waals surface area (Å²) < 4.78 is 2.37. The molecule has 1 saturated carbocycles. The SMILES string of the molecule is CN(CCn1cncc1C1(C)CCNC1)C1CCCC1. The number of imidazole rings is 1. The van der Waals surface area contributed by atoms with Crippen molar-refractivity contribution < 1.29 is 0 Å². The van der Waals surface area contributed by atoms with Gasteiger partial charge in [-0.05, 0) is 32.9 Å². The number of rotatable bonds is 5. The lowest BCUT2D eigenvalue weighted by atomic mass is 9.86. The predicted molar refractivity (Wildman–Crippen MR) is 82.0 cm³/mol. The number of aromatic nitrogens is 2. The minimum Gasteiger partial charge on any atom is -0.333 e. The zero-order valence-corrected chi connectivity index (χ0v) is 12.9. The van der Waals surface area contributed by atoms with Gasteiger partial charge in [-0.2, -0.15) is 0 Å². The van der Waals surface area contributed by atoms with Gasteiger partial charge in [0, 0.05) is 43.0 Å². The van der Waals surface area contributed by atoms with E-state index < -0.39 is 0 Å². The third kappa shape index (κ3) is 2.77. The number of hydrogen-bond donors (Lipinski definition) is 1. The fraction of sp³-hybridized carbons (Fsp3) is 0.812. The lowest BCUT2D eigenvalue weighted by Crippen LogP contribution is -2.34. The average molecular weight is 276 g/mol. The van der Waals surface area contributed by atoms with Crippen LogP contribution in [0.2, 0.25) is 0 Å². The van der Waals surface area contributed by atoms with Crippen molar-refractivity contribution in [2.24, 2.45) is 0 Å². The molecule has 20 heavy (non-hydrogen) atoms. The van der Waals surface area contributed by atoms with Gasteiger partial charge in [-0.1, -0.05) is 19.8 Å². The van der Waals surface area contributed by atoms with Gasteiger partial charge in [0.1, 0.15) is 0 Å². The van der Waals surface area contributed by atoms with E-state index in [-0.39, 0.29) is 5.41 Å². The monoisotopic (exact) mass is 276 g/mol. The highest BCUT2D eigenvalue weighted by atomic mass is 15.2. The summed E-state index contributed by atoms with van der Waals surface area (Å²) in [5.41, 5.74) is 1.67. The fourth-order valence-corrected chi connectivity index (χ4v) is 3.83. The quantitative estimate of drug-likeness (QED) is 0.893. The third-order valence-corrected chi connectivity index (χ3v) is 5.34. The Balaban J connectivity index is 1.62. The molecule has 2 fully saturated rings. The van der Waals surface area contributed by atoms with Gasteiger partial charge in [0.15, 0.2) is 0 Å². The first-order valence-electron chi connectivity index (χ1n) is 8.11. The summed E-state index contributed by atoms with van der Waals surface area (Å²) in [5, 5.41) is 3.49. The van der Waals surface area contributed by atoms with Crippen molar-refractivity contribution in [1.29, 1.82) is 0 Å². The first-order valence-corrected chi connectivity index (χ1v) is 8.11. The molecule has 112 valence electrons. The van der Waals surface area contributed by atoms with E-state index in [0.29, 0.717) is 0 Å². The topological polar surface area (TPSA) is 33.1 Å². The Kier molecular flexibility index (Phi) is 4.13. The highest BCUT2D eigenvalue weighted by Crippen LogP contribution is 2.30. The molecule has 1 aromatic heterocycles. The second kappa shape index (κ2) is 5.86. The molecule has 1 atom stereocenters. The highest BCUT2D eigenvalue weighted by Gasteiger charge is 2.33. The summed E-state index contributed by atoms with van der Waals surface area (Å²) in [5.74, 6) is 0. The van der Waals surface area contributed by atoms with E-state index in [1.807, 2.05) is 6.33 Å². The maximum atomic E-state index is 4.40. The number of nitrogens with zero attached hydrogens (tertiary/aromatic N) is 3. The molecule has 1 aliphatic heterocycles. The Labute approximate surface area is 122 Å². The third-order valence-electron chi connectivity index (χ3n) is 5.34. The molecule has 1 saturated heterocycles. The second-order valence-corrected chi connectivity index (χ2v) is 6.88. The van der Waals surface area contributed by atoms with Crippen LogP contribution >= 0.6 is 0 Å². The van der Waals surface area contributed by atoms with E-state index in [9.17, 15) is 0 Å². The molecule has 0 amide bonds. The second-order valence-electron chi connectivity index (χ2n) is 6.88. The molecule has 2 heterocycles. The molecule has 1 unspecified atom stereocenters. The summed E-state index contributed by atoms with van der Waals surface area (Å²) in [7, 11) is 2.28. The first-order chi connectivity index (χ1) is 9.69. The van der Waals surface area contributed by atoms with Crippen LogP contribution in [0, 0.1) is 0 Å². The number of hydrogen-bond acceptors (Lipinski definition) is 3. The van der Waals surface area contributed by atoms with Crippen molar-refractivity contribution in [3.05, 3.63) is 18.2 Å². The van der Waals surface area contributed by atoms with Crippen molar-refractivity contribution in [3.8, 4) is 0 Å². The maximum Gasteiger partial charge on any atom is 0.0948 e. The van der Waals surface area contributed by atoms with Crippen molar-refractivity contribution in [2.45, 2.75) is 57.0 Å². The number of nitrogens with one attached hydrogen (secondary N) is 1. The minimum absolute atomic E-state index is 0.266. The van der Waals surface area contributed by atoms with Crippen molar-refractivity contribution in [2.75, 3.05) is 26.7 Å². The van der Waals surface area contributed by atoms with Crippen LogP contribution in [0.4, 0.5) is 0 Å².